The van der Waals surface area contributed by atoms with E-state index in [0.717, 1.165) is 5.56 Å². The number of nitrogens with one attached hydrogen (secondary N) is 2. The van der Waals surface area contributed by atoms with Gasteiger partial charge in [0.2, 0.25) is 5.91 Å². The molecule has 1 aromatic rings. The molecule has 0 unspecified atom stereocenters. The van der Waals surface area contributed by atoms with Crippen LogP contribution in [0.5, 0.6) is 0 Å². The average molecular weight is 677 g/mol. The molecule has 11 atom stereocenters. The maximum atomic E-state index is 12.8. The number of carbonyl (C=O) groups is 2. The molecule has 2 aliphatic rings. The van der Waals surface area contributed by atoms with Gasteiger partial charge < -0.3 is 75.2 Å². The maximum Gasteiger partial charge on any atom is 0.407 e. The number of carbonyl (C=O) groups excluding carboxylic acids is 2. The first kappa shape index (κ1) is 38.9. The summed E-state index contributed by atoms with van der Waals surface area (Å²) in [6, 6.07) is 8.49. The highest BCUT2D eigenvalue weighted by Gasteiger charge is 2.45. The zero-order chi connectivity index (χ0) is 34.3. The second-order valence-corrected chi connectivity index (χ2v) is 11.5. The van der Waals surface area contributed by atoms with Crippen molar-refractivity contribution in [2.24, 2.45) is 0 Å². The minimum absolute atomic E-state index is 0.0627. The molecule has 0 spiro atoms. The molecule has 2 saturated heterocycles. The van der Waals surface area contributed by atoms with Crippen molar-refractivity contribution in [1.29, 1.82) is 0 Å². The second-order valence-electron chi connectivity index (χ2n) is 11.5. The average Bonchev–Trinajstić information content (AvgIpc) is 3.07. The van der Waals surface area contributed by atoms with Crippen LogP contribution in [0.15, 0.2) is 30.3 Å². The lowest BCUT2D eigenvalue weighted by atomic mass is 9.99. The molecule has 0 aliphatic carbocycles. The van der Waals surface area contributed by atoms with Crippen molar-refractivity contribution >= 4 is 12.0 Å². The van der Waals surface area contributed by atoms with Gasteiger partial charge in [-0.2, -0.15) is 0 Å². The van der Waals surface area contributed by atoms with Gasteiger partial charge in [-0.05, 0) is 24.8 Å². The number of amides is 2. The lowest BCUT2D eigenvalue weighted by Crippen LogP contribution is -2.59. The van der Waals surface area contributed by atoms with Crippen molar-refractivity contribution < 1.29 is 74.1 Å². The molecule has 10 N–H and O–H groups in total. The zero-order valence-electron chi connectivity index (χ0n) is 26.0. The number of aliphatic hydroxyl groups is 8. The van der Waals surface area contributed by atoms with Crippen molar-refractivity contribution in [1.82, 2.24) is 10.6 Å². The normalized spacial score (nSPS) is 31.6. The topological polar surface area (TPSA) is 266 Å². The van der Waals surface area contributed by atoms with Gasteiger partial charge in [-0.1, -0.05) is 36.8 Å². The summed E-state index contributed by atoms with van der Waals surface area (Å²) in [4.78, 5) is 24.6. The van der Waals surface area contributed by atoms with Gasteiger partial charge in [0.1, 0.15) is 55.4 Å². The van der Waals surface area contributed by atoms with E-state index in [0.29, 0.717) is 25.8 Å². The standard InChI is InChI=1S/C30H48N2O15/c33-13-19-22(36)24(38)26(40)28(46-19)43-12-10-18(16-44-29-27(41)25(39)23(37)20(14-34)47-29)32-21(35)9-5-2-6-11-31-30(42)45-15-17-7-3-1-4-8-17/h1,3-4,7-8,18-20,22-29,33-34,36-41H,2,5-6,9-16H2,(H,31,42)(H,32,35)/t18-,19+,20+,22+,23+,24-,25-,26-,27-,28-,29-/m0/s1. The summed E-state index contributed by atoms with van der Waals surface area (Å²) in [5.74, 6) is -0.351. The molecule has 2 heterocycles. The van der Waals surface area contributed by atoms with Crippen LogP contribution < -0.4 is 10.6 Å². The third-order valence-corrected chi connectivity index (χ3v) is 7.83. The monoisotopic (exact) mass is 676 g/mol. The Morgan fingerprint density at radius 2 is 1.36 bits per heavy atom. The molecule has 0 bridgehead atoms. The molecular formula is C30H48N2O15. The smallest absolute Gasteiger partial charge is 0.407 e. The number of hydrogen-bond acceptors (Lipinski definition) is 15. The van der Waals surface area contributed by atoms with Gasteiger partial charge >= 0.3 is 6.09 Å². The molecule has 1 aromatic carbocycles. The van der Waals surface area contributed by atoms with Crippen molar-refractivity contribution in [3.63, 3.8) is 0 Å². The fraction of sp³-hybridized carbons (Fsp3) is 0.733. The van der Waals surface area contributed by atoms with Crippen LogP contribution in [-0.2, 0) is 35.1 Å². The molecule has 17 nitrogen and oxygen atoms in total. The number of rotatable bonds is 18. The molecule has 47 heavy (non-hydrogen) atoms. The van der Waals surface area contributed by atoms with Gasteiger partial charge in [0, 0.05) is 13.0 Å². The predicted molar refractivity (Wildman–Crippen MR) is 159 cm³/mol. The maximum absolute atomic E-state index is 12.8. The van der Waals surface area contributed by atoms with E-state index < -0.39 is 86.8 Å². The van der Waals surface area contributed by atoms with Gasteiger partial charge in [0.25, 0.3) is 0 Å². The fourth-order valence-electron chi connectivity index (χ4n) is 5.00. The van der Waals surface area contributed by atoms with Gasteiger partial charge in [-0.25, -0.2) is 4.79 Å². The molecule has 2 amide bonds. The van der Waals surface area contributed by atoms with E-state index in [9.17, 15) is 50.4 Å². The second kappa shape index (κ2) is 20.1. The molecule has 17 heteroatoms. The summed E-state index contributed by atoms with van der Waals surface area (Å²) in [5.41, 5.74) is 0.867. The van der Waals surface area contributed by atoms with Crippen LogP contribution in [0.4, 0.5) is 4.79 Å². The number of benzene rings is 1. The molecule has 0 saturated carbocycles. The molecule has 268 valence electrons. The Kier molecular flexibility index (Phi) is 16.6. The van der Waals surface area contributed by atoms with E-state index in [-0.39, 0.29) is 38.6 Å². The number of aliphatic hydroxyl groups excluding tert-OH is 8. The number of ether oxygens (including phenoxy) is 5. The van der Waals surface area contributed by atoms with E-state index in [4.69, 9.17) is 23.7 Å². The van der Waals surface area contributed by atoms with Gasteiger partial charge in [0.15, 0.2) is 12.6 Å². The lowest BCUT2D eigenvalue weighted by molar-refractivity contribution is -0.304. The van der Waals surface area contributed by atoms with Crippen molar-refractivity contribution in [3.05, 3.63) is 35.9 Å². The molecular weight excluding hydrogens is 628 g/mol. The first-order valence-electron chi connectivity index (χ1n) is 15.6. The number of hydrogen-bond donors (Lipinski definition) is 10. The predicted octanol–water partition coefficient (Wildman–Crippen LogP) is -3.02. The fourth-order valence-corrected chi connectivity index (χ4v) is 5.00. The van der Waals surface area contributed by atoms with E-state index >= 15 is 0 Å². The third-order valence-electron chi connectivity index (χ3n) is 7.83. The highest BCUT2D eigenvalue weighted by molar-refractivity contribution is 5.76. The van der Waals surface area contributed by atoms with Crippen LogP contribution in [0.1, 0.15) is 37.7 Å². The molecule has 0 radical (unpaired) electrons. The Labute approximate surface area is 272 Å². The first-order chi connectivity index (χ1) is 22.5. The Morgan fingerprint density at radius 3 is 1.96 bits per heavy atom. The van der Waals surface area contributed by atoms with Crippen LogP contribution in [0.25, 0.3) is 0 Å². The van der Waals surface area contributed by atoms with Gasteiger partial charge in [0.05, 0.1) is 32.5 Å². The van der Waals surface area contributed by atoms with E-state index in [1.54, 1.807) is 0 Å². The summed E-state index contributed by atoms with van der Waals surface area (Å²) >= 11 is 0. The minimum Gasteiger partial charge on any atom is -0.445 e. The lowest BCUT2D eigenvalue weighted by Gasteiger charge is -2.40. The van der Waals surface area contributed by atoms with E-state index in [1.165, 1.54) is 0 Å². The van der Waals surface area contributed by atoms with Crippen LogP contribution >= 0.6 is 0 Å². The Morgan fingerprint density at radius 1 is 0.766 bits per heavy atom. The molecule has 2 aliphatic heterocycles. The largest absolute Gasteiger partial charge is 0.445 e. The highest BCUT2D eigenvalue weighted by atomic mass is 16.7. The van der Waals surface area contributed by atoms with Crippen LogP contribution in [0.2, 0.25) is 0 Å². The summed E-state index contributed by atoms with van der Waals surface area (Å²) < 4.78 is 27.0. The van der Waals surface area contributed by atoms with Crippen LogP contribution in [0, 0.1) is 0 Å². The van der Waals surface area contributed by atoms with Crippen LogP contribution in [-0.4, -0.2) is 153 Å². The first-order valence-corrected chi connectivity index (χ1v) is 15.6. The number of alkyl carbamates (subject to hydrolysis) is 1. The Bertz CT molecular complexity index is 1050. The van der Waals surface area contributed by atoms with E-state index in [1.807, 2.05) is 30.3 Å². The number of unbranched alkanes of at least 4 members (excludes halogenated alkanes) is 2. The molecule has 3 rings (SSSR count). The van der Waals surface area contributed by atoms with Crippen molar-refractivity contribution in [2.75, 3.05) is 33.0 Å². The molecule has 0 aromatic heterocycles. The third kappa shape index (κ3) is 12.1. The summed E-state index contributed by atoms with van der Waals surface area (Å²) in [7, 11) is 0. The summed E-state index contributed by atoms with van der Waals surface area (Å²) in [6.45, 7) is -1.19. The Balaban J connectivity index is 1.44. The van der Waals surface area contributed by atoms with Gasteiger partial charge in [-0.3, -0.25) is 4.79 Å². The molecule has 2 fully saturated rings. The highest BCUT2D eigenvalue weighted by Crippen LogP contribution is 2.24. The summed E-state index contributed by atoms with van der Waals surface area (Å²) in [6.07, 6.45) is -13.5. The zero-order valence-corrected chi connectivity index (χ0v) is 26.0. The summed E-state index contributed by atoms with van der Waals surface area (Å²) in [5, 5.41) is 84.8. The Hall–Kier alpha value is -2.52. The van der Waals surface area contributed by atoms with E-state index in [2.05, 4.69) is 10.6 Å². The van der Waals surface area contributed by atoms with Gasteiger partial charge in [-0.15, -0.1) is 0 Å². The van der Waals surface area contributed by atoms with Crippen molar-refractivity contribution in [2.45, 2.75) is 106 Å². The van der Waals surface area contributed by atoms with Crippen molar-refractivity contribution in [3.8, 4) is 0 Å². The minimum atomic E-state index is -1.66. The van der Waals surface area contributed by atoms with Crippen LogP contribution in [0.3, 0.4) is 0 Å². The SMILES string of the molecule is O=C(CCCCCNC(=O)OCc1ccccc1)N[C@@H](CCO[C@H]1O[C@H](CO)[C@@H](O)[C@H](O)[C@@H]1O)CO[C@H]1O[C@H](CO)[C@@H](O)[C@H](O)[C@@H]1O. The quantitative estimate of drug-likeness (QED) is 0.0694.